The summed E-state index contributed by atoms with van der Waals surface area (Å²) in [7, 11) is -3.83. The van der Waals surface area contributed by atoms with Gasteiger partial charge in [0.05, 0.1) is 6.54 Å². The van der Waals surface area contributed by atoms with Crippen molar-refractivity contribution in [1.82, 2.24) is 18.5 Å². The molecule has 9 heteroatoms. The molecular weight excluding hydrogens is 436 g/mol. The predicted molar refractivity (Wildman–Crippen MR) is 118 cm³/mol. The van der Waals surface area contributed by atoms with Gasteiger partial charge in [0.25, 0.3) is 0 Å². The van der Waals surface area contributed by atoms with Gasteiger partial charge in [-0.25, -0.2) is 22.3 Å². The molecule has 2 aromatic heterocycles. The van der Waals surface area contributed by atoms with Crippen LogP contribution in [0.2, 0.25) is 5.02 Å². The lowest BCUT2D eigenvalue weighted by atomic mass is 10.0. The van der Waals surface area contributed by atoms with E-state index >= 15 is 0 Å². The number of nitrogens with zero attached hydrogens (tertiary/aromatic N) is 4. The van der Waals surface area contributed by atoms with Crippen LogP contribution in [0.5, 0.6) is 0 Å². The Hall–Kier alpha value is -2.94. The minimum Gasteiger partial charge on any atom is -0.249 e. The van der Waals surface area contributed by atoms with Gasteiger partial charge in [-0.2, -0.15) is 4.31 Å². The van der Waals surface area contributed by atoms with E-state index in [2.05, 4.69) is 5.10 Å². The van der Waals surface area contributed by atoms with Crippen LogP contribution < -0.4 is 5.69 Å². The quantitative estimate of drug-likeness (QED) is 0.475. The maximum Gasteiger partial charge on any atom is 0.350 e. The number of sulfonamides is 1. The zero-order valence-electron chi connectivity index (χ0n) is 16.5. The number of aromatic nitrogens is 3. The van der Waals surface area contributed by atoms with Gasteiger partial charge >= 0.3 is 5.69 Å². The van der Waals surface area contributed by atoms with Crippen molar-refractivity contribution in [1.29, 1.82) is 0 Å². The Bertz CT molecular complexity index is 1440. The fourth-order valence-electron chi connectivity index (χ4n) is 3.89. The van der Waals surface area contributed by atoms with E-state index in [9.17, 15) is 13.2 Å². The van der Waals surface area contributed by atoms with Crippen molar-refractivity contribution >= 4 is 27.3 Å². The Kier molecular flexibility index (Phi) is 4.92. The molecule has 0 amide bonds. The van der Waals surface area contributed by atoms with Crippen molar-refractivity contribution in [2.24, 2.45) is 0 Å². The zero-order chi connectivity index (χ0) is 21.6. The van der Waals surface area contributed by atoms with E-state index in [0.29, 0.717) is 24.5 Å². The van der Waals surface area contributed by atoms with Crippen LogP contribution in [-0.4, -0.2) is 33.4 Å². The van der Waals surface area contributed by atoms with Gasteiger partial charge in [0.2, 0.25) is 10.0 Å². The zero-order valence-corrected chi connectivity index (χ0v) is 18.1. The van der Waals surface area contributed by atoms with Gasteiger partial charge < -0.3 is 0 Å². The largest absolute Gasteiger partial charge is 0.350 e. The van der Waals surface area contributed by atoms with E-state index < -0.39 is 15.7 Å². The second-order valence-electron chi connectivity index (χ2n) is 7.49. The summed E-state index contributed by atoms with van der Waals surface area (Å²) in [5.41, 5.74) is 2.73. The second kappa shape index (κ2) is 7.64. The molecule has 0 saturated heterocycles. The molecule has 0 spiro atoms. The average molecular weight is 455 g/mol. The van der Waals surface area contributed by atoms with Gasteiger partial charge in [0.15, 0.2) is 5.65 Å². The van der Waals surface area contributed by atoms with Crippen molar-refractivity contribution in [2.75, 3.05) is 6.54 Å². The molecule has 3 heterocycles. The van der Waals surface area contributed by atoms with Gasteiger partial charge in [-0.1, -0.05) is 48.0 Å². The summed E-state index contributed by atoms with van der Waals surface area (Å²) in [6.07, 6.45) is 2.18. The van der Waals surface area contributed by atoms with Crippen LogP contribution in [-0.2, 0) is 29.5 Å². The Morgan fingerprint density at radius 2 is 1.71 bits per heavy atom. The summed E-state index contributed by atoms with van der Waals surface area (Å²) in [5.74, 6) is 0. The monoisotopic (exact) mass is 454 g/mol. The van der Waals surface area contributed by atoms with E-state index in [0.717, 1.165) is 16.7 Å². The van der Waals surface area contributed by atoms with E-state index in [1.54, 1.807) is 18.2 Å². The lowest BCUT2D eigenvalue weighted by Crippen LogP contribution is -2.36. The molecule has 0 aliphatic carbocycles. The molecule has 31 heavy (non-hydrogen) atoms. The first kappa shape index (κ1) is 20.0. The summed E-state index contributed by atoms with van der Waals surface area (Å²) in [5, 5.41) is 4.96. The van der Waals surface area contributed by atoms with Gasteiger partial charge in [-0.05, 0) is 47.4 Å². The van der Waals surface area contributed by atoms with Crippen molar-refractivity contribution < 1.29 is 8.42 Å². The molecule has 4 aromatic rings. The van der Waals surface area contributed by atoms with Crippen molar-refractivity contribution in [3.8, 4) is 0 Å². The fourth-order valence-corrected chi connectivity index (χ4v) is 5.56. The highest BCUT2D eigenvalue weighted by atomic mass is 35.5. The van der Waals surface area contributed by atoms with Crippen molar-refractivity contribution in [3.05, 3.63) is 99.1 Å². The molecule has 0 fully saturated rings. The summed E-state index contributed by atoms with van der Waals surface area (Å²) < 4.78 is 30.9. The summed E-state index contributed by atoms with van der Waals surface area (Å²) in [4.78, 5) is 12.9. The van der Waals surface area contributed by atoms with Crippen LogP contribution in [0.25, 0.3) is 5.65 Å². The molecule has 7 nitrogen and oxygen atoms in total. The number of benzene rings is 2. The van der Waals surface area contributed by atoms with Crippen LogP contribution in [0.3, 0.4) is 0 Å². The maximum absolute atomic E-state index is 13.5. The van der Waals surface area contributed by atoms with Gasteiger partial charge in [0.1, 0.15) is 4.90 Å². The molecule has 0 atom stereocenters. The number of hydrogen-bond acceptors (Lipinski definition) is 4. The normalized spacial score (nSPS) is 14.6. The van der Waals surface area contributed by atoms with Crippen LogP contribution in [0.15, 0.2) is 76.6 Å². The third-order valence-corrected chi connectivity index (χ3v) is 7.65. The first-order chi connectivity index (χ1) is 14.9. The summed E-state index contributed by atoms with van der Waals surface area (Å²) in [6.45, 7) is 0.902. The Morgan fingerprint density at radius 3 is 2.48 bits per heavy atom. The SMILES string of the molecule is O=c1n(Cc2ccc(Cl)cc2)nc2c(S(=O)(=O)N3CCc4ccccc4C3)cccn12. The van der Waals surface area contributed by atoms with E-state index in [1.807, 2.05) is 36.4 Å². The molecule has 158 valence electrons. The molecular formula is C22H19ClN4O3S. The van der Waals surface area contributed by atoms with Crippen molar-refractivity contribution in [3.63, 3.8) is 0 Å². The summed E-state index contributed by atoms with van der Waals surface area (Å²) in [6, 6.07) is 18.0. The minimum absolute atomic E-state index is 0.0290. The van der Waals surface area contributed by atoms with Gasteiger partial charge in [-0.3, -0.25) is 0 Å². The number of hydrogen-bond donors (Lipinski definition) is 0. The van der Waals surface area contributed by atoms with Gasteiger partial charge in [-0.15, -0.1) is 5.10 Å². The van der Waals surface area contributed by atoms with Gasteiger partial charge in [0, 0.05) is 24.3 Å². The van der Waals surface area contributed by atoms with Crippen LogP contribution in [0.4, 0.5) is 0 Å². The van der Waals surface area contributed by atoms with Crippen molar-refractivity contribution in [2.45, 2.75) is 24.4 Å². The molecule has 0 radical (unpaired) electrons. The number of pyridine rings is 1. The topological polar surface area (TPSA) is 76.7 Å². The Labute approximate surface area is 184 Å². The fraction of sp³-hybridized carbons (Fsp3) is 0.182. The lowest BCUT2D eigenvalue weighted by molar-refractivity contribution is 0.391. The number of halogens is 1. The average Bonchev–Trinajstić information content (AvgIpc) is 3.10. The molecule has 0 N–H and O–H groups in total. The lowest BCUT2D eigenvalue weighted by Gasteiger charge is -2.28. The standard InChI is InChI=1S/C22H19ClN4O3S/c23-19-9-7-16(8-10-19)14-27-22(28)26-12-3-6-20(21(26)24-27)31(29,30)25-13-11-17-4-1-2-5-18(17)15-25/h1-10,12H,11,13-15H2. The highest BCUT2D eigenvalue weighted by Gasteiger charge is 2.31. The molecule has 0 saturated carbocycles. The third-order valence-electron chi connectivity index (χ3n) is 5.53. The smallest absolute Gasteiger partial charge is 0.249 e. The third kappa shape index (κ3) is 3.56. The Morgan fingerprint density at radius 1 is 0.968 bits per heavy atom. The Balaban J connectivity index is 1.54. The van der Waals surface area contributed by atoms with E-state index in [-0.39, 0.29) is 17.1 Å². The predicted octanol–water partition coefficient (Wildman–Crippen LogP) is 2.94. The molecule has 2 aromatic carbocycles. The molecule has 5 rings (SSSR count). The molecule has 0 unspecified atom stereocenters. The van der Waals surface area contributed by atoms with Crippen LogP contribution in [0, 0.1) is 0 Å². The van der Waals surface area contributed by atoms with E-state index in [4.69, 9.17) is 11.6 Å². The minimum atomic E-state index is -3.83. The highest BCUT2D eigenvalue weighted by Crippen LogP contribution is 2.26. The first-order valence-corrected chi connectivity index (χ1v) is 11.6. The highest BCUT2D eigenvalue weighted by molar-refractivity contribution is 7.89. The van der Waals surface area contributed by atoms with E-state index in [1.165, 1.54) is 25.7 Å². The molecule has 0 bridgehead atoms. The molecule has 1 aliphatic rings. The van der Waals surface area contributed by atoms with Crippen LogP contribution >= 0.6 is 11.6 Å². The molecule has 1 aliphatic heterocycles. The summed E-state index contributed by atoms with van der Waals surface area (Å²) >= 11 is 5.93. The first-order valence-electron chi connectivity index (χ1n) is 9.83. The maximum atomic E-state index is 13.5. The second-order valence-corrected chi connectivity index (χ2v) is 9.83. The number of fused-ring (bicyclic) bond motifs is 2. The van der Waals surface area contributed by atoms with Crippen LogP contribution in [0.1, 0.15) is 16.7 Å². The number of rotatable bonds is 4.